The smallest absolute Gasteiger partial charge is 0.333 e. The minimum absolute atomic E-state index is 0.210. The van der Waals surface area contributed by atoms with Crippen LogP contribution in [0.2, 0.25) is 0 Å². The van der Waals surface area contributed by atoms with Gasteiger partial charge in [0.05, 0.1) is 0 Å². The Morgan fingerprint density at radius 3 is 2.00 bits per heavy atom. The first-order valence-electron chi connectivity index (χ1n) is 4.64. The molecule has 0 fully saturated rings. The normalized spacial score (nSPS) is 16.5. The Morgan fingerprint density at radius 1 is 1.20 bits per heavy atom. The summed E-state index contributed by atoms with van der Waals surface area (Å²) in [6.07, 6.45) is 0. The van der Waals surface area contributed by atoms with E-state index < -0.39 is 16.4 Å². The van der Waals surface area contributed by atoms with Gasteiger partial charge in [0, 0.05) is 0 Å². The van der Waals surface area contributed by atoms with Crippen LogP contribution in [0.3, 0.4) is 0 Å². The van der Waals surface area contributed by atoms with Gasteiger partial charge in [-0.15, -0.1) is 0 Å². The second-order valence-corrected chi connectivity index (χ2v) is 4.78. The molecule has 1 atom stereocenters. The van der Waals surface area contributed by atoms with Crippen molar-refractivity contribution in [2.45, 2.75) is 24.3 Å². The van der Waals surface area contributed by atoms with Crippen LogP contribution in [-0.4, -0.2) is 9.94 Å². The predicted octanol–water partition coefficient (Wildman–Crippen LogP) is 3.52. The van der Waals surface area contributed by atoms with Crippen LogP contribution in [0.5, 0.6) is 0 Å². The van der Waals surface area contributed by atoms with Gasteiger partial charge in [0.15, 0.2) is 5.60 Å². The molecular weight excluding hydrogens is 266 g/mol. The van der Waals surface area contributed by atoms with E-state index in [1.54, 1.807) is 32.0 Å². The molecule has 0 spiro atoms. The topological polar surface area (TPSA) is 20.2 Å². The molecule has 4 heteroatoms. The lowest BCUT2D eigenvalue weighted by Gasteiger charge is -2.36. The Kier molecular flexibility index (Phi) is 3.51. The molecule has 15 heavy (non-hydrogen) atoms. The molecule has 1 aromatic carbocycles. The fraction of sp³-hybridized carbons (Fsp3) is 0.455. The van der Waals surface area contributed by atoms with Gasteiger partial charge in [-0.2, -0.15) is 8.78 Å². The summed E-state index contributed by atoms with van der Waals surface area (Å²) in [4.78, 5) is -3.35. The lowest BCUT2D eigenvalue weighted by atomic mass is 9.84. The molecule has 84 valence electrons. The molecule has 0 aliphatic rings. The zero-order valence-electron chi connectivity index (χ0n) is 8.55. The molecule has 1 rings (SSSR count). The molecule has 0 amide bonds. The van der Waals surface area contributed by atoms with Crippen LogP contribution in [0.4, 0.5) is 8.78 Å². The number of hydrogen-bond acceptors (Lipinski definition) is 1. The number of alkyl halides is 3. The summed E-state index contributed by atoms with van der Waals surface area (Å²) in [7, 11) is 0. The van der Waals surface area contributed by atoms with Gasteiger partial charge < -0.3 is 5.11 Å². The highest BCUT2D eigenvalue weighted by atomic mass is 79.9. The van der Waals surface area contributed by atoms with Crippen LogP contribution in [0.15, 0.2) is 30.3 Å². The average molecular weight is 279 g/mol. The fourth-order valence-corrected chi connectivity index (χ4v) is 2.20. The Balaban J connectivity index is 3.26. The third kappa shape index (κ3) is 2.21. The highest BCUT2D eigenvalue weighted by Crippen LogP contribution is 2.46. The molecule has 0 bridgehead atoms. The molecule has 0 heterocycles. The van der Waals surface area contributed by atoms with Crippen LogP contribution < -0.4 is 0 Å². The van der Waals surface area contributed by atoms with Crippen molar-refractivity contribution in [1.29, 1.82) is 0 Å². The van der Waals surface area contributed by atoms with Crippen molar-refractivity contribution in [3.63, 3.8) is 0 Å². The Hall–Kier alpha value is -0.480. The Labute approximate surface area is 96.2 Å². The lowest BCUT2D eigenvalue weighted by molar-refractivity contribution is -0.149. The van der Waals surface area contributed by atoms with Crippen LogP contribution in [0.1, 0.15) is 19.4 Å². The highest BCUT2D eigenvalue weighted by Gasteiger charge is 2.53. The number of aliphatic hydroxyl groups is 1. The van der Waals surface area contributed by atoms with E-state index in [2.05, 4.69) is 15.9 Å². The monoisotopic (exact) mass is 278 g/mol. The summed E-state index contributed by atoms with van der Waals surface area (Å²) in [5.41, 5.74) is -1.98. The number of benzene rings is 1. The third-order valence-electron chi connectivity index (χ3n) is 2.48. The summed E-state index contributed by atoms with van der Waals surface area (Å²) >= 11 is 2.26. The zero-order valence-corrected chi connectivity index (χ0v) is 10.1. The van der Waals surface area contributed by atoms with Gasteiger partial charge in [0.2, 0.25) is 0 Å². The summed E-state index contributed by atoms with van der Waals surface area (Å²) in [5.74, 6) is -0.603. The molecule has 1 aromatic rings. The maximum Gasteiger partial charge on any atom is 0.333 e. The molecule has 0 saturated heterocycles. The van der Waals surface area contributed by atoms with E-state index in [4.69, 9.17) is 0 Å². The average Bonchev–Trinajstić information content (AvgIpc) is 2.16. The van der Waals surface area contributed by atoms with Gasteiger partial charge in [-0.25, -0.2) is 0 Å². The molecule has 0 aromatic heterocycles. The van der Waals surface area contributed by atoms with E-state index in [1.165, 1.54) is 12.1 Å². The fourth-order valence-electron chi connectivity index (χ4n) is 1.52. The Morgan fingerprint density at radius 2 is 1.67 bits per heavy atom. The number of rotatable bonds is 3. The third-order valence-corrected chi connectivity index (χ3v) is 3.09. The minimum Gasteiger partial charge on any atom is -0.378 e. The van der Waals surface area contributed by atoms with Crippen molar-refractivity contribution in [1.82, 2.24) is 0 Å². The molecule has 1 nitrogen and oxygen atoms in total. The van der Waals surface area contributed by atoms with Crippen molar-refractivity contribution >= 4 is 15.9 Å². The molecule has 0 aliphatic heterocycles. The molecule has 0 saturated carbocycles. The van der Waals surface area contributed by atoms with Gasteiger partial charge in [-0.05, 0) is 27.4 Å². The summed E-state index contributed by atoms with van der Waals surface area (Å²) in [5, 5.41) is 10.1. The van der Waals surface area contributed by atoms with Crippen LogP contribution >= 0.6 is 15.9 Å². The van der Waals surface area contributed by atoms with Crippen molar-refractivity contribution in [3.8, 4) is 0 Å². The summed E-state index contributed by atoms with van der Waals surface area (Å²) in [6, 6.07) is 7.96. The van der Waals surface area contributed by atoms with E-state index in [-0.39, 0.29) is 5.56 Å². The number of hydrogen-bond donors (Lipinski definition) is 1. The molecule has 0 aliphatic carbocycles. The van der Waals surface area contributed by atoms with Crippen LogP contribution in [0.25, 0.3) is 0 Å². The van der Waals surface area contributed by atoms with E-state index in [9.17, 15) is 13.9 Å². The van der Waals surface area contributed by atoms with Crippen LogP contribution in [-0.2, 0) is 5.60 Å². The maximum atomic E-state index is 13.4. The quantitative estimate of drug-likeness (QED) is 0.839. The summed E-state index contributed by atoms with van der Waals surface area (Å²) in [6.45, 7) is 3.12. The summed E-state index contributed by atoms with van der Waals surface area (Å²) < 4.78 is 26.7. The van der Waals surface area contributed by atoms with Gasteiger partial charge in [-0.3, -0.25) is 0 Å². The highest BCUT2D eigenvalue weighted by molar-refractivity contribution is 9.10. The van der Waals surface area contributed by atoms with Crippen molar-refractivity contribution in [2.24, 2.45) is 5.92 Å². The molecule has 0 radical (unpaired) electrons. The number of halogens is 3. The van der Waals surface area contributed by atoms with Gasteiger partial charge in [0.25, 0.3) is 0 Å². The largest absolute Gasteiger partial charge is 0.378 e. The van der Waals surface area contributed by atoms with E-state index >= 15 is 0 Å². The zero-order chi connectivity index (χ0) is 11.7. The van der Waals surface area contributed by atoms with Crippen molar-refractivity contribution in [2.75, 3.05) is 0 Å². The van der Waals surface area contributed by atoms with Gasteiger partial charge in [-0.1, -0.05) is 44.2 Å². The van der Waals surface area contributed by atoms with E-state index in [1.807, 2.05) is 0 Å². The van der Waals surface area contributed by atoms with E-state index in [0.29, 0.717) is 0 Å². The molecule has 1 N–H and O–H groups in total. The first kappa shape index (κ1) is 12.6. The van der Waals surface area contributed by atoms with Crippen molar-refractivity contribution in [3.05, 3.63) is 35.9 Å². The minimum atomic E-state index is -3.35. The maximum absolute atomic E-state index is 13.4. The second-order valence-electron chi connectivity index (χ2n) is 3.78. The van der Waals surface area contributed by atoms with Gasteiger partial charge >= 0.3 is 4.83 Å². The van der Waals surface area contributed by atoms with Crippen molar-refractivity contribution < 1.29 is 13.9 Å². The first-order chi connectivity index (χ1) is 6.80. The first-order valence-corrected chi connectivity index (χ1v) is 5.44. The SMILES string of the molecule is CC(C)C(O)(c1ccccc1)C(F)(F)Br. The molecular formula is C11H13BrF2O. The molecule has 1 unspecified atom stereocenters. The van der Waals surface area contributed by atoms with Crippen LogP contribution in [0, 0.1) is 5.92 Å². The van der Waals surface area contributed by atoms with E-state index in [0.717, 1.165) is 0 Å². The van der Waals surface area contributed by atoms with Gasteiger partial charge in [0.1, 0.15) is 0 Å². The lowest BCUT2D eigenvalue weighted by Crippen LogP contribution is -2.45. The second kappa shape index (κ2) is 4.18. The Bertz CT molecular complexity index is 321. The standard InChI is InChI=1S/C11H13BrF2O/c1-8(2)10(15,11(12,13)14)9-6-4-3-5-7-9/h3-8,15H,1-2H3. The predicted molar refractivity (Wildman–Crippen MR) is 59.1 cm³/mol.